The van der Waals surface area contributed by atoms with Crippen LogP contribution < -0.4 is 5.32 Å². The Morgan fingerprint density at radius 3 is 1.88 bits per heavy atom. The van der Waals surface area contributed by atoms with Gasteiger partial charge in [-0.05, 0) is 73.4 Å². The van der Waals surface area contributed by atoms with Crippen LogP contribution in [0.2, 0.25) is 45.3 Å². The van der Waals surface area contributed by atoms with E-state index >= 15 is 0 Å². The highest BCUT2D eigenvalue weighted by molar-refractivity contribution is 6.71. The van der Waals surface area contributed by atoms with Gasteiger partial charge in [0.2, 0.25) is 0 Å². The second-order valence-electron chi connectivity index (χ2n) is 9.65. The van der Waals surface area contributed by atoms with Gasteiger partial charge in [-0.15, -0.1) is 0 Å². The van der Waals surface area contributed by atoms with Crippen LogP contribution in [0, 0.1) is 0 Å². The van der Waals surface area contributed by atoms with Crippen LogP contribution in [0.3, 0.4) is 0 Å². The van der Waals surface area contributed by atoms with Crippen LogP contribution in [-0.2, 0) is 8.85 Å². The lowest BCUT2D eigenvalue weighted by molar-refractivity contribution is 0.0604. The minimum Gasteiger partial charge on any atom is -0.398 e. The highest BCUT2D eigenvalue weighted by atomic mass is 28.4. The van der Waals surface area contributed by atoms with Crippen molar-refractivity contribution in [3.63, 3.8) is 0 Å². The summed E-state index contributed by atoms with van der Waals surface area (Å²) in [5, 5.41) is 3.47. The van der Waals surface area contributed by atoms with Crippen molar-refractivity contribution in [2.45, 2.75) is 97.4 Å². The van der Waals surface area contributed by atoms with Crippen molar-refractivity contribution in [2.24, 2.45) is 4.99 Å². The molecule has 26 heavy (non-hydrogen) atoms. The molecule has 0 rings (SSSR count). The van der Waals surface area contributed by atoms with E-state index in [0.29, 0.717) is 12.1 Å². The van der Waals surface area contributed by atoms with Crippen molar-refractivity contribution in [3.05, 3.63) is 0 Å². The van der Waals surface area contributed by atoms with Crippen LogP contribution >= 0.6 is 0 Å². The Hall–Kier alpha value is -0.159. The number of nitrogens with zero attached hydrogens (tertiary/aromatic N) is 2. The SMILES string of the molecule is CC(C)/N=C(/NC(C)C)N(C)CCC[SiH2]C(O[Si](C)(C)C)O[Si](C)(C)C. The molecule has 0 saturated carbocycles. The largest absolute Gasteiger partial charge is 0.398 e. The van der Waals surface area contributed by atoms with Gasteiger partial charge in [0, 0.05) is 25.7 Å². The van der Waals surface area contributed by atoms with Gasteiger partial charge in [0.05, 0.1) is 9.52 Å². The van der Waals surface area contributed by atoms with Gasteiger partial charge in [0.15, 0.2) is 22.6 Å². The molecule has 8 heteroatoms. The lowest BCUT2D eigenvalue weighted by atomic mass is 10.4. The Labute approximate surface area is 167 Å². The number of nitrogens with one attached hydrogen (secondary N) is 1. The first-order chi connectivity index (χ1) is 11.7. The summed E-state index contributed by atoms with van der Waals surface area (Å²) in [5.74, 6) is 1.10. The number of hydrogen-bond donors (Lipinski definition) is 1. The van der Waals surface area contributed by atoms with E-state index in [2.05, 4.69) is 84.2 Å². The summed E-state index contributed by atoms with van der Waals surface area (Å²) in [5.41, 5.74) is 0. The molecule has 0 fully saturated rings. The summed E-state index contributed by atoms with van der Waals surface area (Å²) >= 11 is 0. The van der Waals surface area contributed by atoms with Crippen LogP contribution in [0.25, 0.3) is 0 Å². The summed E-state index contributed by atoms with van der Waals surface area (Å²) < 4.78 is 12.7. The molecule has 0 amide bonds. The van der Waals surface area contributed by atoms with Gasteiger partial charge in [0.1, 0.15) is 5.91 Å². The Balaban J connectivity index is 4.56. The third kappa shape index (κ3) is 15.0. The second-order valence-corrected chi connectivity index (χ2v) is 20.5. The maximum Gasteiger partial charge on any atom is 0.194 e. The standard InChI is InChI=1S/C18H45N3O2Si3/c1-15(2)19-17(20-16(3)4)21(5)13-12-14-24-18(22-25(6,7)8)23-26(9,10)11/h15-16,18H,12-14,24H2,1-11H3,(H,19,20). The molecule has 156 valence electrons. The zero-order valence-corrected chi connectivity index (χ0v) is 22.7. The number of aliphatic imine (C=N–C) groups is 1. The van der Waals surface area contributed by atoms with Crippen LogP contribution in [-0.4, -0.2) is 68.6 Å². The van der Waals surface area contributed by atoms with Crippen LogP contribution in [0.15, 0.2) is 4.99 Å². The minimum atomic E-state index is -1.56. The zero-order valence-electron chi connectivity index (χ0n) is 19.3. The summed E-state index contributed by atoms with van der Waals surface area (Å²) in [7, 11) is -1.40. The van der Waals surface area contributed by atoms with E-state index in [1.807, 2.05) is 0 Å². The van der Waals surface area contributed by atoms with Gasteiger partial charge < -0.3 is 19.1 Å². The molecule has 0 aromatic carbocycles. The van der Waals surface area contributed by atoms with E-state index in [9.17, 15) is 0 Å². The Bertz CT molecular complexity index is 403. The molecule has 0 saturated heterocycles. The van der Waals surface area contributed by atoms with Gasteiger partial charge >= 0.3 is 0 Å². The number of rotatable bonds is 11. The highest BCUT2D eigenvalue weighted by Crippen LogP contribution is 2.15. The third-order valence-corrected chi connectivity index (χ3v) is 7.63. The number of hydrogen-bond acceptors (Lipinski definition) is 3. The molecule has 0 radical (unpaired) electrons. The fourth-order valence-electron chi connectivity index (χ4n) is 2.45. The first-order valence-corrected chi connectivity index (χ1v) is 18.7. The molecule has 0 aliphatic carbocycles. The summed E-state index contributed by atoms with van der Waals surface area (Å²) in [6.45, 7) is 23.1. The fourth-order valence-corrected chi connectivity index (χ4v) is 9.00. The molecule has 0 spiro atoms. The molecule has 5 nitrogen and oxygen atoms in total. The quantitative estimate of drug-likeness (QED) is 0.183. The van der Waals surface area contributed by atoms with E-state index in [0.717, 1.165) is 12.5 Å². The van der Waals surface area contributed by atoms with Crippen molar-refractivity contribution in [1.82, 2.24) is 10.2 Å². The first-order valence-electron chi connectivity index (χ1n) is 10.1. The monoisotopic (exact) mass is 419 g/mol. The van der Waals surface area contributed by atoms with Crippen molar-refractivity contribution >= 4 is 32.1 Å². The molecule has 0 heterocycles. The van der Waals surface area contributed by atoms with Crippen molar-refractivity contribution in [2.75, 3.05) is 13.6 Å². The predicted octanol–water partition coefficient (Wildman–Crippen LogP) is 3.64. The first kappa shape index (κ1) is 25.8. The van der Waals surface area contributed by atoms with E-state index in [-0.39, 0.29) is 5.91 Å². The minimum absolute atomic E-state index is 0.0937. The fraction of sp³-hybridized carbons (Fsp3) is 0.944. The van der Waals surface area contributed by atoms with Gasteiger partial charge in [0.25, 0.3) is 0 Å². The molecule has 0 aromatic rings. The van der Waals surface area contributed by atoms with Gasteiger partial charge in [-0.25, -0.2) is 0 Å². The maximum absolute atomic E-state index is 6.34. The third-order valence-electron chi connectivity index (χ3n) is 3.31. The van der Waals surface area contributed by atoms with Gasteiger partial charge in [-0.3, -0.25) is 4.99 Å². The highest BCUT2D eigenvalue weighted by Gasteiger charge is 2.26. The molecule has 0 bridgehead atoms. The average Bonchev–Trinajstić information content (AvgIpc) is 2.37. The Morgan fingerprint density at radius 2 is 1.50 bits per heavy atom. The van der Waals surface area contributed by atoms with Crippen molar-refractivity contribution in [1.29, 1.82) is 0 Å². The normalized spacial score (nSPS) is 14.3. The topological polar surface area (TPSA) is 46.1 Å². The summed E-state index contributed by atoms with van der Waals surface area (Å²) in [4.78, 5) is 6.98. The van der Waals surface area contributed by atoms with Crippen LogP contribution in [0.4, 0.5) is 0 Å². The van der Waals surface area contributed by atoms with Crippen molar-refractivity contribution in [3.8, 4) is 0 Å². The molecular weight excluding hydrogens is 374 g/mol. The van der Waals surface area contributed by atoms with Gasteiger partial charge in [-0.1, -0.05) is 6.04 Å². The Morgan fingerprint density at radius 1 is 1.00 bits per heavy atom. The van der Waals surface area contributed by atoms with Crippen molar-refractivity contribution < 1.29 is 8.85 Å². The summed E-state index contributed by atoms with van der Waals surface area (Å²) in [6.07, 6.45) is 1.17. The van der Waals surface area contributed by atoms with Crippen LogP contribution in [0.1, 0.15) is 34.1 Å². The molecule has 0 aliphatic heterocycles. The Kier molecular flexibility index (Phi) is 11.6. The smallest absolute Gasteiger partial charge is 0.194 e. The molecular formula is C18H45N3O2Si3. The van der Waals surface area contributed by atoms with Crippen LogP contribution in [0.5, 0.6) is 0 Å². The molecule has 0 atom stereocenters. The summed E-state index contributed by atoms with van der Waals surface area (Å²) in [6, 6.07) is 1.93. The second kappa shape index (κ2) is 11.6. The number of guanidine groups is 1. The lowest BCUT2D eigenvalue weighted by Crippen LogP contribution is -2.44. The molecule has 0 unspecified atom stereocenters. The lowest BCUT2D eigenvalue weighted by Gasteiger charge is -2.32. The van der Waals surface area contributed by atoms with E-state index < -0.39 is 26.2 Å². The van der Waals surface area contributed by atoms with E-state index in [1.54, 1.807) is 0 Å². The molecule has 1 N–H and O–H groups in total. The van der Waals surface area contributed by atoms with E-state index in [1.165, 1.54) is 12.5 Å². The average molecular weight is 420 g/mol. The maximum atomic E-state index is 6.34. The molecule has 0 aromatic heterocycles. The molecule has 0 aliphatic rings. The zero-order chi connectivity index (χ0) is 20.5. The predicted molar refractivity (Wildman–Crippen MR) is 124 cm³/mol. The van der Waals surface area contributed by atoms with E-state index in [4.69, 9.17) is 13.8 Å². The van der Waals surface area contributed by atoms with Gasteiger partial charge in [-0.2, -0.15) is 0 Å².